The van der Waals surface area contributed by atoms with E-state index in [-0.39, 0.29) is 24.1 Å². The molecule has 0 saturated carbocycles. The first kappa shape index (κ1) is 26.6. The van der Waals surface area contributed by atoms with Gasteiger partial charge in [-0.05, 0) is 56.7 Å². The van der Waals surface area contributed by atoms with Gasteiger partial charge >= 0.3 is 0 Å². The molecule has 0 unspecified atom stereocenters. The van der Waals surface area contributed by atoms with Crippen molar-refractivity contribution in [3.8, 4) is 27.7 Å². The van der Waals surface area contributed by atoms with E-state index < -0.39 is 17.3 Å². The van der Waals surface area contributed by atoms with Crippen LogP contribution >= 0.6 is 11.3 Å². The van der Waals surface area contributed by atoms with E-state index in [2.05, 4.69) is 15.1 Å². The summed E-state index contributed by atoms with van der Waals surface area (Å²) in [5.41, 5.74) is -0.408. The standard InChI is InChI=1S/C30H27F4N3O2S/c1-30(2,34)23-12-17(32)4-6-20(23)29-27(21-7-8-25-22(14-35-36-25)28(21)40-29)39-26-9-5-18(13-24(26)33)38-19-15-37(16-19)11-3-10-31/h4-9,12-14,19H,3,10-11,15-16H2,1-2H3,(H,35,36). The Morgan fingerprint density at radius 2 is 1.90 bits per heavy atom. The number of rotatable bonds is 9. The fraction of sp³-hybridized carbons (Fsp3) is 0.300. The van der Waals surface area contributed by atoms with Crippen molar-refractivity contribution in [1.82, 2.24) is 15.1 Å². The zero-order valence-electron chi connectivity index (χ0n) is 21.9. The molecule has 5 aromatic rings. The first-order chi connectivity index (χ1) is 19.2. The number of hydrogen-bond acceptors (Lipinski definition) is 5. The number of alkyl halides is 2. The van der Waals surface area contributed by atoms with Crippen LogP contribution in [0.2, 0.25) is 0 Å². The summed E-state index contributed by atoms with van der Waals surface area (Å²) in [6.07, 6.45) is 2.09. The molecule has 0 bridgehead atoms. The fourth-order valence-corrected chi connectivity index (χ4v) is 6.32. The van der Waals surface area contributed by atoms with Crippen LogP contribution in [-0.2, 0) is 5.67 Å². The van der Waals surface area contributed by atoms with Crippen molar-refractivity contribution in [2.45, 2.75) is 32.0 Å². The van der Waals surface area contributed by atoms with Crippen molar-refractivity contribution in [3.05, 3.63) is 71.9 Å². The van der Waals surface area contributed by atoms with Crippen molar-refractivity contribution in [2.24, 2.45) is 0 Å². The number of nitrogens with zero attached hydrogens (tertiary/aromatic N) is 2. The molecule has 1 aliphatic rings. The minimum Gasteiger partial charge on any atom is -0.488 e. The first-order valence-electron chi connectivity index (χ1n) is 13.0. The molecule has 0 radical (unpaired) electrons. The molecule has 6 rings (SSSR count). The lowest BCUT2D eigenvalue weighted by atomic mass is 9.93. The molecule has 0 spiro atoms. The van der Waals surface area contributed by atoms with Gasteiger partial charge in [0.05, 0.1) is 23.3 Å². The van der Waals surface area contributed by atoms with Gasteiger partial charge in [-0.3, -0.25) is 14.4 Å². The average Bonchev–Trinajstić information content (AvgIpc) is 3.51. The number of halogens is 4. The van der Waals surface area contributed by atoms with Crippen molar-refractivity contribution in [2.75, 3.05) is 26.3 Å². The predicted octanol–water partition coefficient (Wildman–Crippen LogP) is 8.14. The maximum atomic E-state index is 15.3. The highest BCUT2D eigenvalue weighted by Crippen LogP contribution is 2.51. The second-order valence-corrected chi connectivity index (χ2v) is 11.5. The average molecular weight is 570 g/mol. The summed E-state index contributed by atoms with van der Waals surface area (Å²) in [5, 5.41) is 8.61. The van der Waals surface area contributed by atoms with E-state index in [1.54, 1.807) is 12.3 Å². The fourth-order valence-electron chi connectivity index (χ4n) is 5.04. The molecule has 3 heterocycles. The Balaban J connectivity index is 1.37. The molecule has 1 saturated heterocycles. The van der Waals surface area contributed by atoms with Crippen LogP contribution in [0.4, 0.5) is 17.6 Å². The monoisotopic (exact) mass is 569 g/mol. The molecule has 0 amide bonds. The largest absolute Gasteiger partial charge is 0.488 e. The molecular formula is C30H27F4N3O2S. The van der Waals surface area contributed by atoms with E-state index in [1.807, 2.05) is 12.1 Å². The number of thiophene rings is 1. The van der Waals surface area contributed by atoms with E-state index >= 15 is 8.78 Å². The minimum absolute atomic E-state index is 0.0260. The van der Waals surface area contributed by atoms with E-state index in [9.17, 15) is 8.78 Å². The molecular weight excluding hydrogens is 542 g/mol. The Hall–Kier alpha value is -3.63. The van der Waals surface area contributed by atoms with E-state index in [0.717, 1.165) is 15.6 Å². The van der Waals surface area contributed by atoms with Gasteiger partial charge in [0, 0.05) is 52.3 Å². The van der Waals surface area contributed by atoms with Gasteiger partial charge in [0.15, 0.2) is 17.3 Å². The zero-order valence-corrected chi connectivity index (χ0v) is 22.8. The third kappa shape index (κ3) is 5.01. The van der Waals surface area contributed by atoms with Gasteiger partial charge < -0.3 is 9.47 Å². The van der Waals surface area contributed by atoms with Crippen LogP contribution < -0.4 is 9.47 Å². The van der Waals surface area contributed by atoms with Gasteiger partial charge in [0.1, 0.15) is 23.3 Å². The molecule has 208 valence electrons. The highest BCUT2D eigenvalue weighted by molar-refractivity contribution is 7.23. The number of aromatic amines is 1. The lowest BCUT2D eigenvalue weighted by Gasteiger charge is -2.38. The summed E-state index contributed by atoms with van der Waals surface area (Å²) in [6, 6.07) is 12.1. The highest BCUT2D eigenvalue weighted by atomic mass is 32.1. The summed E-state index contributed by atoms with van der Waals surface area (Å²) >= 11 is 1.35. The lowest BCUT2D eigenvalue weighted by molar-refractivity contribution is 0.0182. The molecule has 0 atom stereocenters. The van der Waals surface area contributed by atoms with Gasteiger partial charge in [0.25, 0.3) is 0 Å². The van der Waals surface area contributed by atoms with Crippen molar-refractivity contribution < 1.29 is 27.0 Å². The van der Waals surface area contributed by atoms with Crippen LogP contribution in [0.5, 0.6) is 17.2 Å². The van der Waals surface area contributed by atoms with Crippen molar-refractivity contribution >= 4 is 32.3 Å². The molecule has 1 N–H and O–H groups in total. The summed E-state index contributed by atoms with van der Waals surface area (Å²) in [7, 11) is 0. The van der Waals surface area contributed by atoms with Gasteiger partial charge in [-0.2, -0.15) is 5.10 Å². The molecule has 0 aliphatic carbocycles. The summed E-state index contributed by atoms with van der Waals surface area (Å²) in [5.74, 6) is -0.484. The summed E-state index contributed by atoms with van der Waals surface area (Å²) < 4.78 is 70.1. The molecule has 40 heavy (non-hydrogen) atoms. The van der Waals surface area contributed by atoms with Gasteiger partial charge in [-0.25, -0.2) is 13.2 Å². The Morgan fingerprint density at radius 3 is 2.65 bits per heavy atom. The number of ether oxygens (including phenoxy) is 2. The number of benzene rings is 3. The number of likely N-dealkylation sites (tertiary alicyclic amines) is 1. The van der Waals surface area contributed by atoms with Crippen LogP contribution in [0.1, 0.15) is 25.8 Å². The van der Waals surface area contributed by atoms with Crippen molar-refractivity contribution in [3.63, 3.8) is 0 Å². The SMILES string of the molecule is CC(C)(F)c1cc(F)ccc1-c1sc2c(ccc3[nH]ncc32)c1Oc1ccc(OC2CN(CCCF)C2)cc1F. The third-order valence-corrected chi connectivity index (χ3v) is 8.30. The Labute approximate surface area is 232 Å². The third-order valence-electron chi connectivity index (χ3n) is 7.05. The van der Waals surface area contributed by atoms with E-state index in [4.69, 9.17) is 9.47 Å². The molecule has 10 heteroatoms. The van der Waals surface area contributed by atoms with Crippen molar-refractivity contribution in [1.29, 1.82) is 0 Å². The maximum Gasteiger partial charge on any atom is 0.169 e. The second kappa shape index (κ2) is 10.4. The highest BCUT2D eigenvalue weighted by Gasteiger charge is 2.30. The molecule has 2 aromatic heterocycles. The lowest BCUT2D eigenvalue weighted by Crippen LogP contribution is -2.53. The van der Waals surface area contributed by atoms with Crippen LogP contribution in [0.25, 0.3) is 31.4 Å². The summed E-state index contributed by atoms with van der Waals surface area (Å²) in [6.45, 7) is 4.39. The molecule has 1 fully saturated rings. The zero-order chi connectivity index (χ0) is 28.0. The Bertz CT molecular complexity index is 1690. The number of nitrogens with one attached hydrogen (secondary N) is 1. The Kier molecular flexibility index (Phi) is 6.92. The van der Waals surface area contributed by atoms with Gasteiger partial charge in [-0.15, -0.1) is 11.3 Å². The minimum atomic E-state index is -1.84. The number of fused-ring (bicyclic) bond motifs is 3. The Morgan fingerprint density at radius 1 is 1.07 bits per heavy atom. The molecule has 5 nitrogen and oxygen atoms in total. The van der Waals surface area contributed by atoms with Crippen LogP contribution in [-0.4, -0.2) is 47.5 Å². The normalized spacial score (nSPS) is 14.7. The number of aromatic nitrogens is 2. The van der Waals surface area contributed by atoms with E-state index in [1.165, 1.54) is 55.5 Å². The maximum absolute atomic E-state index is 15.3. The van der Waals surface area contributed by atoms with Crippen LogP contribution in [0, 0.1) is 11.6 Å². The summed E-state index contributed by atoms with van der Waals surface area (Å²) in [4.78, 5) is 2.63. The number of H-pyrrole nitrogens is 1. The van der Waals surface area contributed by atoms with E-state index in [0.29, 0.717) is 53.4 Å². The number of hydrogen-bond donors (Lipinski definition) is 1. The first-order valence-corrected chi connectivity index (χ1v) is 13.8. The smallest absolute Gasteiger partial charge is 0.169 e. The second-order valence-electron chi connectivity index (χ2n) is 10.4. The van der Waals surface area contributed by atoms with Gasteiger partial charge in [-0.1, -0.05) is 6.07 Å². The topological polar surface area (TPSA) is 50.4 Å². The van der Waals surface area contributed by atoms with Crippen LogP contribution in [0.15, 0.2) is 54.7 Å². The van der Waals surface area contributed by atoms with Gasteiger partial charge in [0.2, 0.25) is 0 Å². The molecule has 3 aromatic carbocycles. The van der Waals surface area contributed by atoms with Crippen LogP contribution in [0.3, 0.4) is 0 Å². The molecule has 1 aliphatic heterocycles. The predicted molar refractivity (Wildman–Crippen MR) is 149 cm³/mol. The quantitative estimate of drug-likeness (QED) is 0.182.